The van der Waals surface area contributed by atoms with Gasteiger partial charge in [-0.3, -0.25) is 9.59 Å². The second-order valence-corrected chi connectivity index (χ2v) is 8.94. The molecule has 0 unspecified atom stereocenters. The first-order valence-corrected chi connectivity index (χ1v) is 10.8. The number of nitrogens with zero attached hydrogens (tertiary/aromatic N) is 1. The number of anilines is 1. The number of hydrogen-bond donors (Lipinski definition) is 1. The van der Waals surface area contributed by atoms with Gasteiger partial charge in [-0.1, -0.05) is 35.5 Å². The molecule has 3 rings (SSSR count). The maximum atomic E-state index is 12.2. The van der Waals surface area contributed by atoms with Gasteiger partial charge in [-0.05, 0) is 36.1 Å². The minimum absolute atomic E-state index is 0.0934. The fourth-order valence-corrected chi connectivity index (χ4v) is 4.82. The normalized spacial score (nSPS) is 10.7. The number of aryl methyl sites for hydroxylation is 1. The molecule has 1 aromatic carbocycles. The summed E-state index contributed by atoms with van der Waals surface area (Å²) in [6.07, 6.45) is 0.182. The smallest absolute Gasteiger partial charge is 0.230 e. The minimum atomic E-state index is -0.146. The van der Waals surface area contributed by atoms with E-state index in [2.05, 4.69) is 10.3 Å². The van der Waals surface area contributed by atoms with Crippen molar-refractivity contribution in [1.29, 1.82) is 0 Å². The Balaban J connectivity index is 1.53. The molecule has 0 aliphatic rings. The molecule has 0 spiro atoms. The van der Waals surface area contributed by atoms with E-state index >= 15 is 0 Å². The first-order chi connectivity index (χ1) is 12.5. The van der Waals surface area contributed by atoms with Gasteiger partial charge in [0.05, 0.1) is 22.7 Å². The molecule has 134 valence electrons. The van der Waals surface area contributed by atoms with Crippen LogP contribution in [0.4, 0.5) is 5.69 Å². The van der Waals surface area contributed by atoms with Crippen LogP contribution in [-0.2, 0) is 11.2 Å². The van der Waals surface area contributed by atoms with Gasteiger partial charge in [-0.15, -0.1) is 22.7 Å². The number of thiophene rings is 1. The largest absolute Gasteiger partial charge is 0.325 e. The molecule has 0 aliphatic carbocycles. The summed E-state index contributed by atoms with van der Waals surface area (Å²) >= 11 is 10.3. The number of halogens is 1. The fourth-order valence-electron chi connectivity index (χ4n) is 2.16. The number of amides is 1. The van der Waals surface area contributed by atoms with Gasteiger partial charge in [0.25, 0.3) is 0 Å². The Morgan fingerprint density at radius 3 is 2.88 bits per heavy atom. The van der Waals surface area contributed by atoms with Crippen molar-refractivity contribution in [3.63, 3.8) is 0 Å². The summed E-state index contributed by atoms with van der Waals surface area (Å²) < 4.78 is 0.789. The molecule has 8 heteroatoms. The molecule has 0 saturated heterocycles. The predicted molar refractivity (Wildman–Crippen MR) is 110 cm³/mol. The van der Waals surface area contributed by atoms with Crippen molar-refractivity contribution in [3.05, 3.63) is 62.2 Å². The molecule has 1 amide bonds. The van der Waals surface area contributed by atoms with Crippen molar-refractivity contribution in [2.75, 3.05) is 11.1 Å². The zero-order valence-corrected chi connectivity index (χ0v) is 17.0. The SMILES string of the molecule is Cc1ccc(Cl)cc1NC(=O)Cc1csc(SCC(=O)c2cccs2)n1. The number of carbonyl (C=O) groups excluding carboxylic acids is 2. The number of thiazole rings is 1. The third-order valence-electron chi connectivity index (χ3n) is 3.47. The third kappa shape index (κ3) is 5.17. The van der Waals surface area contributed by atoms with Crippen LogP contribution in [-0.4, -0.2) is 22.4 Å². The van der Waals surface area contributed by atoms with E-state index in [4.69, 9.17) is 11.6 Å². The summed E-state index contributed by atoms with van der Waals surface area (Å²) in [6.45, 7) is 1.91. The lowest BCUT2D eigenvalue weighted by Gasteiger charge is -2.08. The molecular formula is C18H15ClN2O2S3. The molecule has 0 fully saturated rings. The molecule has 0 bridgehead atoms. The van der Waals surface area contributed by atoms with Gasteiger partial charge in [0.1, 0.15) is 0 Å². The van der Waals surface area contributed by atoms with Crippen molar-refractivity contribution in [3.8, 4) is 0 Å². The zero-order chi connectivity index (χ0) is 18.5. The molecule has 2 heterocycles. The second-order valence-electron chi connectivity index (χ2n) is 5.48. The Bertz CT molecular complexity index is 922. The van der Waals surface area contributed by atoms with Gasteiger partial charge < -0.3 is 5.32 Å². The third-order valence-corrected chi connectivity index (χ3v) is 6.68. The minimum Gasteiger partial charge on any atom is -0.325 e. The summed E-state index contributed by atoms with van der Waals surface area (Å²) in [6, 6.07) is 9.06. The van der Waals surface area contributed by atoms with Crippen LogP contribution in [0.15, 0.2) is 45.4 Å². The van der Waals surface area contributed by atoms with Crippen LogP contribution in [0.3, 0.4) is 0 Å². The predicted octanol–water partition coefficient (Wildman–Crippen LogP) is 5.32. The number of hydrogen-bond acceptors (Lipinski definition) is 6. The summed E-state index contributed by atoms with van der Waals surface area (Å²) in [5.74, 6) is 0.296. The van der Waals surface area contributed by atoms with Gasteiger partial charge in [0.15, 0.2) is 10.1 Å². The Hall–Kier alpha value is -1.67. The average Bonchev–Trinajstić information content (AvgIpc) is 3.28. The molecule has 4 nitrogen and oxygen atoms in total. The van der Waals surface area contributed by atoms with Crippen LogP contribution < -0.4 is 5.32 Å². The molecule has 0 atom stereocenters. The monoisotopic (exact) mass is 422 g/mol. The highest BCUT2D eigenvalue weighted by molar-refractivity contribution is 8.01. The number of aromatic nitrogens is 1. The average molecular weight is 423 g/mol. The summed E-state index contributed by atoms with van der Waals surface area (Å²) in [5.41, 5.74) is 2.34. The van der Waals surface area contributed by atoms with Crippen LogP contribution in [0.25, 0.3) is 0 Å². The summed E-state index contributed by atoms with van der Waals surface area (Å²) in [4.78, 5) is 29.4. The number of rotatable bonds is 7. The van der Waals surface area contributed by atoms with Gasteiger partial charge in [-0.25, -0.2) is 4.98 Å². The highest BCUT2D eigenvalue weighted by atomic mass is 35.5. The van der Waals surface area contributed by atoms with Crippen LogP contribution in [0.2, 0.25) is 5.02 Å². The topological polar surface area (TPSA) is 59.1 Å². The van der Waals surface area contributed by atoms with Crippen molar-refractivity contribution >= 4 is 63.4 Å². The maximum Gasteiger partial charge on any atom is 0.230 e. The lowest BCUT2D eigenvalue weighted by molar-refractivity contribution is -0.115. The number of ketones is 1. The first kappa shape index (κ1) is 19.1. The molecule has 3 aromatic rings. The summed E-state index contributed by atoms with van der Waals surface area (Å²) in [5, 5.41) is 7.17. The number of thioether (sulfide) groups is 1. The number of nitrogens with one attached hydrogen (secondary N) is 1. The molecule has 0 radical (unpaired) electrons. The highest BCUT2D eigenvalue weighted by Gasteiger charge is 2.12. The first-order valence-electron chi connectivity index (χ1n) is 7.71. The molecule has 1 N–H and O–H groups in total. The van der Waals surface area contributed by atoms with Crippen molar-refractivity contribution in [1.82, 2.24) is 4.98 Å². The van der Waals surface area contributed by atoms with Gasteiger partial charge in [0, 0.05) is 16.1 Å². The second kappa shape index (κ2) is 8.81. The quantitative estimate of drug-likeness (QED) is 0.413. The Morgan fingerprint density at radius 1 is 1.27 bits per heavy atom. The van der Waals surface area contributed by atoms with E-state index in [9.17, 15) is 9.59 Å². The van der Waals surface area contributed by atoms with Crippen molar-refractivity contribution < 1.29 is 9.59 Å². The van der Waals surface area contributed by atoms with Gasteiger partial charge >= 0.3 is 0 Å². The van der Waals surface area contributed by atoms with Gasteiger partial charge in [0.2, 0.25) is 5.91 Å². The Kier molecular flexibility index (Phi) is 6.48. The molecule has 0 saturated carbocycles. The van der Waals surface area contributed by atoms with Crippen molar-refractivity contribution in [2.24, 2.45) is 0 Å². The molecule has 26 heavy (non-hydrogen) atoms. The van der Waals surface area contributed by atoms with Crippen LogP contribution >= 0.6 is 46.0 Å². The van der Waals surface area contributed by atoms with Crippen LogP contribution in [0, 0.1) is 6.92 Å². The van der Waals surface area contributed by atoms with E-state index in [1.807, 2.05) is 35.9 Å². The van der Waals surface area contributed by atoms with E-state index in [1.165, 1.54) is 34.4 Å². The fraction of sp³-hybridized carbons (Fsp3) is 0.167. The lowest BCUT2D eigenvalue weighted by Crippen LogP contribution is -2.15. The zero-order valence-electron chi connectivity index (χ0n) is 13.8. The maximum absolute atomic E-state index is 12.2. The molecule has 2 aromatic heterocycles. The van der Waals surface area contributed by atoms with E-state index in [1.54, 1.807) is 12.1 Å². The summed E-state index contributed by atoms with van der Waals surface area (Å²) in [7, 11) is 0. The van der Waals surface area contributed by atoms with Gasteiger partial charge in [-0.2, -0.15) is 0 Å². The van der Waals surface area contributed by atoms with E-state index < -0.39 is 0 Å². The van der Waals surface area contributed by atoms with Crippen LogP contribution in [0.5, 0.6) is 0 Å². The Morgan fingerprint density at radius 2 is 2.12 bits per heavy atom. The number of Topliss-reactive ketones (excluding diaryl/α,β-unsaturated/α-hetero) is 1. The number of benzene rings is 1. The number of carbonyl (C=O) groups is 2. The molecular weight excluding hydrogens is 408 g/mol. The highest BCUT2D eigenvalue weighted by Crippen LogP contribution is 2.25. The molecule has 0 aliphatic heterocycles. The standard InChI is InChI=1S/C18H15ClN2O2S3/c1-11-4-5-12(19)7-14(11)21-17(23)8-13-9-25-18(20-13)26-10-15(22)16-3-2-6-24-16/h2-7,9H,8,10H2,1H3,(H,21,23). The van der Waals surface area contributed by atoms with E-state index in [0.717, 1.165) is 14.8 Å². The Labute approximate surface area is 168 Å². The van der Waals surface area contributed by atoms with E-state index in [-0.39, 0.29) is 18.1 Å². The van der Waals surface area contributed by atoms with Crippen LogP contribution in [0.1, 0.15) is 20.9 Å². The lowest BCUT2D eigenvalue weighted by atomic mass is 10.2. The van der Waals surface area contributed by atoms with E-state index in [0.29, 0.717) is 22.2 Å². The van der Waals surface area contributed by atoms with Crippen molar-refractivity contribution in [2.45, 2.75) is 17.7 Å².